The Morgan fingerprint density at radius 1 is 0.946 bits per heavy atom. The quantitative estimate of drug-likeness (QED) is 0.405. The zero-order valence-corrected chi connectivity index (χ0v) is 21.4. The Labute approximate surface area is 221 Å². The highest BCUT2D eigenvalue weighted by Gasteiger charge is 2.28. The Morgan fingerprint density at radius 3 is 2.46 bits per heavy atom. The van der Waals surface area contributed by atoms with Crippen LogP contribution in [0.5, 0.6) is 0 Å². The number of nitriles is 1. The lowest BCUT2D eigenvalue weighted by molar-refractivity contribution is -0.133. The van der Waals surface area contributed by atoms with Crippen molar-refractivity contribution in [1.29, 1.82) is 5.26 Å². The van der Waals surface area contributed by atoms with Crippen molar-refractivity contribution in [3.05, 3.63) is 64.4 Å². The van der Waals surface area contributed by atoms with Crippen molar-refractivity contribution in [2.75, 3.05) is 32.7 Å². The Kier molecular flexibility index (Phi) is 7.00. The van der Waals surface area contributed by atoms with Gasteiger partial charge in [-0.25, -0.2) is 4.98 Å². The van der Waals surface area contributed by atoms with Gasteiger partial charge in [-0.05, 0) is 30.2 Å². The molecule has 6 rings (SSSR count). The molecule has 1 saturated heterocycles. The highest BCUT2D eigenvalue weighted by Crippen LogP contribution is 2.36. The van der Waals surface area contributed by atoms with Crippen molar-refractivity contribution < 1.29 is 4.79 Å². The highest BCUT2D eigenvalue weighted by atomic mass is 35.5. The van der Waals surface area contributed by atoms with Gasteiger partial charge in [0.15, 0.2) is 5.82 Å². The molecule has 190 valence electrons. The summed E-state index contributed by atoms with van der Waals surface area (Å²) >= 11 is 0. The fourth-order valence-electron chi connectivity index (χ4n) is 5.69. The van der Waals surface area contributed by atoms with Crippen molar-refractivity contribution in [3.63, 3.8) is 0 Å². The van der Waals surface area contributed by atoms with Gasteiger partial charge in [-0.1, -0.05) is 30.3 Å². The molecule has 0 saturated carbocycles. The zero-order chi connectivity index (χ0) is 24.6. The summed E-state index contributed by atoms with van der Waals surface area (Å²) in [6.45, 7) is 4.90. The van der Waals surface area contributed by atoms with Gasteiger partial charge in [0, 0.05) is 69.6 Å². The topological polar surface area (TPSA) is 87.2 Å². The molecule has 37 heavy (non-hydrogen) atoms. The molecular weight excluding hydrogens is 488 g/mol. The van der Waals surface area contributed by atoms with E-state index in [1.165, 1.54) is 10.9 Å². The Hall–Kier alpha value is -3.67. The second-order valence-corrected chi connectivity index (χ2v) is 9.54. The standard InChI is InChI=1S/C28H28N6O2.ClH/c29-12-5-13-31-16-18-32(19-17-31)25(35)11-15-33-24-9-4-2-6-20(24)21-10-14-34-27(26(21)33)30-23-8-3-1-7-22(23)28(34)36;/h1-4,6-9H,5,10-11,13-19H2;1H. The average molecular weight is 517 g/mol. The number of piperazine rings is 1. The van der Waals surface area contributed by atoms with Crippen molar-refractivity contribution in [2.24, 2.45) is 0 Å². The molecule has 9 heteroatoms. The summed E-state index contributed by atoms with van der Waals surface area (Å²) in [6, 6.07) is 18.0. The van der Waals surface area contributed by atoms with Crippen LogP contribution in [0.1, 0.15) is 18.4 Å². The summed E-state index contributed by atoms with van der Waals surface area (Å²) in [7, 11) is 0. The van der Waals surface area contributed by atoms with E-state index in [4.69, 9.17) is 10.2 Å². The van der Waals surface area contributed by atoms with E-state index in [2.05, 4.69) is 27.7 Å². The number of carbonyl (C=O) groups is 1. The lowest BCUT2D eigenvalue weighted by Crippen LogP contribution is -2.48. The maximum absolute atomic E-state index is 13.3. The largest absolute Gasteiger partial charge is 0.340 e. The number of rotatable bonds is 5. The molecule has 2 aromatic heterocycles. The maximum atomic E-state index is 13.3. The van der Waals surface area contributed by atoms with Crippen LogP contribution in [0.15, 0.2) is 53.3 Å². The summed E-state index contributed by atoms with van der Waals surface area (Å²) < 4.78 is 3.99. The summed E-state index contributed by atoms with van der Waals surface area (Å²) in [6.07, 6.45) is 1.67. The van der Waals surface area contributed by atoms with E-state index in [1.54, 1.807) is 4.57 Å². The Bertz CT molecular complexity index is 1580. The summed E-state index contributed by atoms with van der Waals surface area (Å²) in [5.74, 6) is 0.829. The van der Waals surface area contributed by atoms with Gasteiger partial charge in [-0.15, -0.1) is 12.4 Å². The van der Waals surface area contributed by atoms with Crippen LogP contribution in [0, 0.1) is 11.3 Å². The van der Waals surface area contributed by atoms with E-state index in [0.717, 1.165) is 37.3 Å². The number of carbonyl (C=O) groups excluding carboxylic acids is 1. The van der Waals surface area contributed by atoms with Gasteiger partial charge in [0.25, 0.3) is 5.56 Å². The van der Waals surface area contributed by atoms with Crippen LogP contribution in [0.2, 0.25) is 0 Å². The highest BCUT2D eigenvalue weighted by molar-refractivity contribution is 5.92. The minimum atomic E-state index is -0.0107. The molecule has 0 spiro atoms. The summed E-state index contributed by atoms with van der Waals surface area (Å²) in [5, 5.41) is 10.6. The first-order chi connectivity index (χ1) is 17.7. The molecule has 2 aromatic carbocycles. The fourth-order valence-corrected chi connectivity index (χ4v) is 5.69. The second-order valence-electron chi connectivity index (χ2n) is 9.54. The molecular formula is C28H29ClN6O2. The van der Waals surface area contributed by atoms with Crippen LogP contribution in [0.25, 0.3) is 33.3 Å². The SMILES string of the molecule is Cl.N#CCCN1CCN(C(=O)CCn2c3c(c4ccccc42)CCn2c-3nc3ccccc3c2=O)CC1. The van der Waals surface area contributed by atoms with E-state index in [-0.39, 0.29) is 23.9 Å². The number of nitrogens with zero attached hydrogens (tertiary/aromatic N) is 6. The number of aromatic nitrogens is 3. The molecule has 0 N–H and O–H groups in total. The molecule has 0 atom stereocenters. The van der Waals surface area contributed by atoms with E-state index >= 15 is 0 Å². The molecule has 2 aliphatic rings. The van der Waals surface area contributed by atoms with E-state index in [9.17, 15) is 9.59 Å². The fraction of sp³-hybridized carbons (Fsp3) is 0.357. The molecule has 2 aliphatic heterocycles. The molecule has 8 nitrogen and oxygen atoms in total. The van der Waals surface area contributed by atoms with Crippen LogP contribution >= 0.6 is 12.4 Å². The monoisotopic (exact) mass is 516 g/mol. The number of aryl methyl sites for hydroxylation is 2. The van der Waals surface area contributed by atoms with Crippen molar-refractivity contribution in [2.45, 2.75) is 32.4 Å². The van der Waals surface area contributed by atoms with Crippen molar-refractivity contribution in [1.82, 2.24) is 23.9 Å². The van der Waals surface area contributed by atoms with Gasteiger partial charge < -0.3 is 9.47 Å². The van der Waals surface area contributed by atoms with Crippen LogP contribution < -0.4 is 5.56 Å². The minimum Gasteiger partial charge on any atom is -0.340 e. The number of amides is 1. The third-order valence-electron chi connectivity index (χ3n) is 7.55. The first-order valence-corrected chi connectivity index (χ1v) is 12.6. The van der Waals surface area contributed by atoms with Crippen molar-refractivity contribution in [3.8, 4) is 17.6 Å². The predicted molar refractivity (Wildman–Crippen MR) is 146 cm³/mol. The Balaban J connectivity index is 0.00000280. The smallest absolute Gasteiger partial charge is 0.261 e. The molecule has 4 heterocycles. The van der Waals surface area contributed by atoms with Gasteiger partial charge >= 0.3 is 0 Å². The van der Waals surface area contributed by atoms with Crippen LogP contribution in [-0.4, -0.2) is 62.5 Å². The third-order valence-corrected chi connectivity index (χ3v) is 7.55. The molecule has 4 aromatic rings. The summed E-state index contributed by atoms with van der Waals surface area (Å²) in [5.41, 5.74) is 3.92. The zero-order valence-electron chi connectivity index (χ0n) is 20.6. The predicted octanol–water partition coefficient (Wildman–Crippen LogP) is 3.44. The van der Waals surface area contributed by atoms with Gasteiger partial charge in [-0.3, -0.25) is 19.1 Å². The van der Waals surface area contributed by atoms with Crippen LogP contribution in [0.3, 0.4) is 0 Å². The minimum absolute atomic E-state index is 0. The van der Waals surface area contributed by atoms with Gasteiger partial charge in [-0.2, -0.15) is 5.26 Å². The Morgan fingerprint density at radius 2 is 1.68 bits per heavy atom. The van der Waals surface area contributed by atoms with Gasteiger partial charge in [0.1, 0.15) is 0 Å². The number of hydrogen-bond acceptors (Lipinski definition) is 5. The van der Waals surface area contributed by atoms with Gasteiger partial charge in [0.05, 0.1) is 22.7 Å². The first kappa shape index (κ1) is 25.0. The number of fused-ring (bicyclic) bond motifs is 6. The number of para-hydroxylation sites is 2. The maximum Gasteiger partial charge on any atom is 0.261 e. The van der Waals surface area contributed by atoms with Crippen molar-refractivity contribution >= 4 is 40.1 Å². The van der Waals surface area contributed by atoms with Gasteiger partial charge in [0.2, 0.25) is 5.91 Å². The molecule has 1 amide bonds. The molecule has 1 fully saturated rings. The lowest BCUT2D eigenvalue weighted by atomic mass is 10.0. The first-order valence-electron chi connectivity index (χ1n) is 12.6. The number of halogens is 1. The van der Waals surface area contributed by atoms with E-state index in [1.807, 2.05) is 41.3 Å². The third kappa shape index (κ3) is 4.39. The molecule has 0 bridgehead atoms. The van der Waals surface area contributed by atoms with Crippen LogP contribution in [0.4, 0.5) is 0 Å². The molecule has 0 aliphatic carbocycles. The van der Waals surface area contributed by atoms with Crippen LogP contribution in [-0.2, 0) is 24.3 Å². The number of hydrogen-bond donors (Lipinski definition) is 0. The number of benzene rings is 2. The van der Waals surface area contributed by atoms with E-state index in [0.29, 0.717) is 55.7 Å². The average Bonchev–Trinajstić information content (AvgIpc) is 3.25. The lowest BCUT2D eigenvalue weighted by Gasteiger charge is -2.34. The second kappa shape index (κ2) is 10.4. The molecule has 0 unspecified atom stereocenters. The molecule has 0 radical (unpaired) electrons. The normalized spacial score (nSPS) is 15.2. The van der Waals surface area contributed by atoms with E-state index < -0.39 is 0 Å². The summed E-state index contributed by atoms with van der Waals surface area (Å²) in [4.78, 5) is 35.6.